The lowest BCUT2D eigenvalue weighted by atomic mass is 9.66. The molecule has 1 N–H and O–H groups in total. The highest BCUT2D eigenvalue weighted by Crippen LogP contribution is 2.71. The van der Waals surface area contributed by atoms with Gasteiger partial charge >= 0.3 is 5.97 Å². The largest absolute Gasteiger partial charge is 0.466 e. The van der Waals surface area contributed by atoms with E-state index in [-0.39, 0.29) is 37.5 Å². The van der Waals surface area contributed by atoms with Crippen LogP contribution in [0.4, 0.5) is 0 Å². The summed E-state index contributed by atoms with van der Waals surface area (Å²) in [6.45, 7) is 8.87. The van der Waals surface area contributed by atoms with Gasteiger partial charge in [-0.15, -0.1) is 18.3 Å². The molecule has 2 amide bonds. The van der Waals surface area contributed by atoms with Crippen LogP contribution < -0.4 is 0 Å². The second kappa shape index (κ2) is 9.74. The number of likely N-dealkylation sites (tertiary alicyclic amines) is 1. The number of hydrogen-bond acceptors (Lipinski definition) is 6. The van der Waals surface area contributed by atoms with Gasteiger partial charge in [-0.25, -0.2) is 0 Å². The third kappa shape index (κ3) is 3.94. The minimum Gasteiger partial charge on any atom is -0.466 e. The third-order valence-corrected chi connectivity index (χ3v) is 9.47. The maximum absolute atomic E-state index is 14.2. The smallest absolute Gasteiger partial charge is 0.311 e. The molecule has 3 heterocycles. The SMILES string of the molecule is C=CCN(Cc1ccccc1)C(=O)C1N(CCCO)C(=O)[C@@H]2[C@@H](C(=O)OCC)[C@@]3(C)CCC12S3. The van der Waals surface area contributed by atoms with Gasteiger partial charge in [0.25, 0.3) is 0 Å². The first-order chi connectivity index (χ1) is 16.3. The summed E-state index contributed by atoms with van der Waals surface area (Å²) in [5.74, 6) is -1.81. The summed E-state index contributed by atoms with van der Waals surface area (Å²) >= 11 is 1.63. The molecule has 3 aliphatic heterocycles. The first-order valence-electron chi connectivity index (χ1n) is 12.0. The van der Waals surface area contributed by atoms with Crippen molar-refractivity contribution in [2.75, 3.05) is 26.3 Å². The molecule has 8 heteroatoms. The van der Waals surface area contributed by atoms with Crippen molar-refractivity contribution >= 4 is 29.5 Å². The van der Waals surface area contributed by atoms with Gasteiger partial charge < -0.3 is 19.6 Å². The highest BCUT2D eigenvalue weighted by atomic mass is 32.2. The number of ether oxygens (including phenoxy) is 1. The normalized spacial score (nSPS) is 31.4. The molecule has 0 radical (unpaired) electrons. The quantitative estimate of drug-likeness (QED) is 0.404. The molecule has 184 valence electrons. The highest BCUT2D eigenvalue weighted by Gasteiger charge is 2.77. The van der Waals surface area contributed by atoms with Crippen LogP contribution >= 0.6 is 11.8 Å². The summed E-state index contributed by atoms with van der Waals surface area (Å²) in [6, 6.07) is 9.07. The van der Waals surface area contributed by atoms with E-state index in [9.17, 15) is 19.5 Å². The van der Waals surface area contributed by atoms with Crippen LogP contribution in [0.15, 0.2) is 43.0 Å². The van der Waals surface area contributed by atoms with Crippen molar-refractivity contribution in [1.29, 1.82) is 0 Å². The average Bonchev–Trinajstić information content (AvgIpc) is 3.38. The Morgan fingerprint density at radius 3 is 2.71 bits per heavy atom. The fourth-order valence-electron chi connectivity index (χ4n) is 6.14. The van der Waals surface area contributed by atoms with Gasteiger partial charge in [-0.3, -0.25) is 14.4 Å². The first-order valence-corrected chi connectivity index (χ1v) is 12.9. The number of aliphatic hydroxyl groups excluding tert-OH is 1. The molecule has 3 saturated heterocycles. The number of esters is 1. The summed E-state index contributed by atoms with van der Waals surface area (Å²) in [7, 11) is 0. The molecule has 1 aromatic carbocycles. The van der Waals surface area contributed by atoms with Crippen molar-refractivity contribution in [3.8, 4) is 0 Å². The number of rotatable bonds is 10. The lowest BCUT2D eigenvalue weighted by Gasteiger charge is -2.37. The van der Waals surface area contributed by atoms with E-state index in [1.165, 1.54) is 0 Å². The molecule has 34 heavy (non-hydrogen) atoms. The number of carbonyl (C=O) groups is 3. The van der Waals surface area contributed by atoms with E-state index >= 15 is 0 Å². The maximum atomic E-state index is 14.2. The van der Waals surface area contributed by atoms with Crippen molar-refractivity contribution in [3.63, 3.8) is 0 Å². The number of fused-ring (bicyclic) bond motifs is 1. The number of nitrogens with zero attached hydrogens (tertiary/aromatic N) is 2. The number of carbonyl (C=O) groups excluding carboxylic acids is 3. The lowest BCUT2D eigenvalue weighted by molar-refractivity contribution is -0.155. The Bertz CT molecular complexity index is 956. The Morgan fingerprint density at radius 2 is 2.06 bits per heavy atom. The molecule has 3 aliphatic rings. The highest BCUT2D eigenvalue weighted by molar-refractivity contribution is 8.02. The summed E-state index contributed by atoms with van der Waals surface area (Å²) in [4.78, 5) is 44.4. The monoisotopic (exact) mass is 486 g/mol. The topological polar surface area (TPSA) is 87.2 Å². The predicted molar refractivity (Wildman–Crippen MR) is 131 cm³/mol. The van der Waals surface area contributed by atoms with E-state index in [2.05, 4.69) is 6.58 Å². The van der Waals surface area contributed by atoms with E-state index in [1.807, 2.05) is 37.3 Å². The van der Waals surface area contributed by atoms with Crippen LogP contribution in [0, 0.1) is 11.8 Å². The molecule has 0 aromatic heterocycles. The van der Waals surface area contributed by atoms with Crippen molar-refractivity contribution < 1.29 is 24.2 Å². The average molecular weight is 487 g/mol. The van der Waals surface area contributed by atoms with E-state index in [4.69, 9.17) is 4.74 Å². The molecule has 0 saturated carbocycles. The second-order valence-corrected chi connectivity index (χ2v) is 11.5. The second-order valence-electron chi connectivity index (χ2n) is 9.58. The molecule has 7 nitrogen and oxygen atoms in total. The summed E-state index contributed by atoms with van der Waals surface area (Å²) < 4.78 is 4.29. The fourth-order valence-corrected chi connectivity index (χ4v) is 8.48. The van der Waals surface area contributed by atoms with Crippen molar-refractivity contribution in [1.82, 2.24) is 9.80 Å². The van der Waals surface area contributed by atoms with Gasteiger partial charge in [-0.2, -0.15) is 0 Å². The van der Waals surface area contributed by atoms with Crippen LogP contribution in [0.25, 0.3) is 0 Å². The van der Waals surface area contributed by atoms with Crippen LogP contribution in [-0.2, 0) is 25.7 Å². The summed E-state index contributed by atoms with van der Waals surface area (Å²) in [5, 5.41) is 9.48. The lowest BCUT2D eigenvalue weighted by Crippen LogP contribution is -2.54. The zero-order valence-corrected chi connectivity index (χ0v) is 20.8. The molecule has 2 bridgehead atoms. The van der Waals surface area contributed by atoms with E-state index in [1.54, 1.807) is 34.6 Å². The fraction of sp³-hybridized carbons (Fsp3) is 0.577. The Kier molecular flexibility index (Phi) is 7.10. The molecule has 2 unspecified atom stereocenters. The van der Waals surface area contributed by atoms with Crippen LogP contribution in [0.2, 0.25) is 0 Å². The minimum absolute atomic E-state index is 0.0745. The van der Waals surface area contributed by atoms with E-state index < -0.39 is 27.4 Å². The van der Waals surface area contributed by atoms with Gasteiger partial charge in [-0.05, 0) is 38.7 Å². The van der Waals surface area contributed by atoms with Gasteiger partial charge in [-0.1, -0.05) is 36.4 Å². The van der Waals surface area contributed by atoms with Gasteiger partial charge in [0.15, 0.2) is 0 Å². The molecular weight excluding hydrogens is 452 g/mol. The minimum atomic E-state index is -0.688. The Balaban J connectivity index is 1.73. The molecule has 5 atom stereocenters. The number of hydrogen-bond donors (Lipinski definition) is 1. The van der Waals surface area contributed by atoms with Crippen LogP contribution in [-0.4, -0.2) is 74.5 Å². The summed E-state index contributed by atoms with van der Waals surface area (Å²) in [5.41, 5.74) is 0.998. The van der Waals surface area contributed by atoms with Crippen LogP contribution in [0.3, 0.4) is 0 Å². The van der Waals surface area contributed by atoms with Crippen LogP contribution in [0.5, 0.6) is 0 Å². The predicted octanol–water partition coefficient (Wildman–Crippen LogP) is 2.63. The number of thioether (sulfide) groups is 1. The molecular formula is C26H34N2O5S. The third-order valence-electron chi connectivity index (χ3n) is 7.49. The zero-order valence-electron chi connectivity index (χ0n) is 19.9. The number of amides is 2. The number of benzene rings is 1. The molecule has 4 rings (SSSR count). The zero-order chi connectivity index (χ0) is 24.5. The Hall–Kier alpha value is -2.32. The van der Waals surface area contributed by atoms with Gasteiger partial charge in [0, 0.05) is 31.0 Å². The van der Waals surface area contributed by atoms with Crippen molar-refractivity contribution in [2.24, 2.45) is 11.8 Å². The summed E-state index contributed by atoms with van der Waals surface area (Å²) in [6.07, 6.45) is 3.53. The Labute approximate surface area is 205 Å². The standard InChI is InChI=1S/C26H34N2O5S/c1-4-14-27(17-18-10-7-6-8-11-18)23(31)21-26-13-12-25(3,34-26)20(24(32)33-5-2)19(26)22(30)28(21)15-9-16-29/h4,6-8,10-11,19-21,29H,1,5,9,12-17H2,2-3H3/t19-,20-,21?,25+,26?/m0/s1. The van der Waals surface area contributed by atoms with Gasteiger partial charge in [0.05, 0.1) is 23.2 Å². The van der Waals surface area contributed by atoms with Gasteiger partial charge in [0.1, 0.15) is 6.04 Å². The molecule has 0 aliphatic carbocycles. The van der Waals surface area contributed by atoms with Crippen molar-refractivity contribution in [2.45, 2.75) is 55.2 Å². The van der Waals surface area contributed by atoms with Crippen LogP contribution in [0.1, 0.15) is 38.7 Å². The van der Waals surface area contributed by atoms with Crippen molar-refractivity contribution in [3.05, 3.63) is 48.6 Å². The molecule has 3 fully saturated rings. The molecule has 1 aromatic rings. The van der Waals surface area contributed by atoms with Gasteiger partial charge in [0.2, 0.25) is 11.8 Å². The maximum Gasteiger partial charge on any atom is 0.311 e. The molecule has 1 spiro atoms. The van der Waals surface area contributed by atoms with E-state index in [0.29, 0.717) is 25.9 Å². The number of aliphatic hydroxyl groups is 1. The van der Waals surface area contributed by atoms with E-state index in [0.717, 1.165) is 12.0 Å². The first kappa shape index (κ1) is 24.8. The Morgan fingerprint density at radius 1 is 1.32 bits per heavy atom.